The number of aliphatic imine (C=N–C) groups is 1. The SMILES string of the molecule is CO/C(N)=C(\C#N)N=Cc1ccc(OC)cc1. The van der Waals surface area contributed by atoms with Gasteiger partial charge in [-0.25, -0.2) is 4.99 Å². The van der Waals surface area contributed by atoms with Crippen LogP contribution in [0.1, 0.15) is 5.56 Å². The third kappa shape index (κ3) is 3.54. The molecule has 0 bridgehead atoms. The Labute approximate surface area is 99.8 Å². The highest BCUT2D eigenvalue weighted by Crippen LogP contribution is 2.10. The first-order valence-electron chi connectivity index (χ1n) is 4.83. The molecular weight excluding hydrogens is 218 g/mol. The van der Waals surface area contributed by atoms with Crippen molar-refractivity contribution in [3.8, 4) is 11.8 Å². The van der Waals surface area contributed by atoms with Crippen molar-refractivity contribution >= 4 is 6.21 Å². The summed E-state index contributed by atoms with van der Waals surface area (Å²) in [4.78, 5) is 3.94. The van der Waals surface area contributed by atoms with E-state index in [1.54, 1.807) is 19.2 Å². The van der Waals surface area contributed by atoms with Crippen LogP contribution in [0, 0.1) is 11.3 Å². The first kappa shape index (κ1) is 12.6. The van der Waals surface area contributed by atoms with E-state index in [2.05, 4.69) is 4.99 Å². The van der Waals surface area contributed by atoms with Gasteiger partial charge in [0.05, 0.1) is 14.2 Å². The van der Waals surface area contributed by atoms with Gasteiger partial charge in [0.25, 0.3) is 0 Å². The van der Waals surface area contributed by atoms with Crippen molar-refractivity contribution in [3.63, 3.8) is 0 Å². The molecule has 17 heavy (non-hydrogen) atoms. The van der Waals surface area contributed by atoms with Gasteiger partial charge in [0.2, 0.25) is 5.88 Å². The molecule has 0 aliphatic heterocycles. The largest absolute Gasteiger partial charge is 0.497 e. The minimum Gasteiger partial charge on any atom is -0.497 e. The van der Waals surface area contributed by atoms with Crippen LogP contribution >= 0.6 is 0 Å². The van der Waals surface area contributed by atoms with Gasteiger partial charge in [0.15, 0.2) is 5.70 Å². The fourth-order valence-corrected chi connectivity index (χ4v) is 1.07. The van der Waals surface area contributed by atoms with Crippen molar-refractivity contribution in [1.82, 2.24) is 0 Å². The van der Waals surface area contributed by atoms with E-state index < -0.39 is 0 Å². The molecule has 0 fully saturated rings. The third-order valence-electron chi connectivity index (χ3n) is 2.02. The zero-order valence-electron chi connectivity index (χ0n) is 9.68. The number of hydrogen-bond donors (Lipinski definition) is 1. The molecule has 88 valence electrons. The van der Waals surface area contributed by atoms with E-state index in [-0.39, 0.29) is 11.6 Å². The Balaban J connectivity index is 2.86. The van der Waals surface area contributed by atoms with Crippen LogP contribution in [0.4, 0.5) is 0 Å². The highest BCUT2D eigenvalue weighted by molar-refractivity contribution is 5.80. The predicted octanol–water partition coefficient (Wildman–Crippen LogP) is 1.41. The van der Waals surface area contributed by atoms with E-state index in [0.29, 0.717) is 0 Å². The summed E-state index contributed by atoms with van der Waals surface area (Å²) < 4.78 is 9.75. The lowest BCUT2D eigenvalue weighted by Gasteiger charge is -2.00. The Bertz CT molecular complexity index is 470. The summed E-state index contributed by atoms with van der Waals surface area (Å²) in [5.41, 5.74) is 6.32. The Kier molecular flexibility index (Phi) is 4.58. The summed E-state index contributed by atoms with van der Waals surface area (Å²) in [6.07, 6.45) is 1.53. The Hall–Kier alpha value is -2.48. The average Bonchev–Trinajstić information content (AvgIpc) is 2.39. The maximum atomic E-state index is 8.79. The molecule has 2 N–H and O–H groups in total. The van der Waals surface area contributed by atoms with E-state index >= 15 is 0 Å². The van der Waals surface area contributed by atoms with E-state index in [9.17, 15) is 0 Å². The Morgan fingerprint density at radius 2 is 2.00 bits per heavy atom. The first-order valence-corrected chi connectivity index (χ1v) is 4.83. The third-order valence-corrected chi connectivity index (χ3v) is 2.02. The zero-order chi connectivity index (χ0) is 12.7. The molecule has 1 aromatic carbocycles. The number of benzene rings is 1. The van der Waals surface area contributed by atoms with Crippen LogP contribution < -0.4 is 10.5 Å². The predicted molar refractivity (Wildman–Crippen MR) is 64.4 cm³/mol. The molecular formula is C12H13N3O2. The molecule has 0 amide bonds. The van der Waals surface area contributed by atoms with Crippen molar-refractivity contribution in [1.29, 1.82) is 5.26 Å². The zero-order valence-corrected chi connectivity index (χ0v) is 9.68. The van der Waals surface area contributed by atoms with E-state index in [1.807, 2.05) is 18.2 Å². The van der Waals surface area contributed by atoms with E-state index in [0.717, 1.165) is 11.3 Å². The van der Waals surface area contributed by atoms with Gasteiger partial charge in [-0.15, -0.1) is 0 Å². The molecule has 0 aliphatic carbocycles. The van der Waals surface area contributed by atoms with Crippen molar-refractivity contribution in [2.45, 2.75) is 0 Å². The molecule has 0 heterocycles. The fourth-order valence-electron chi connectivity index (χ4n) is 1.07. The minimum atomic E-state index is -0.00254. The number of nitriles is 1. The monoisotopic (exact) mass is 231 g/mol. The quantitative estimate of drug-likeness (QED) is 0.482. The summed E-state index contributed by atoms with van der Waals surface area (Å²) in [5, 5.41) is 8.79. The van der Waals surface area contributed by atoms with Crippen LogP contribution in [0.3, 0.4) is 0 Å². The summed E-state index contributed by atoms with van der Waals surface area (Å²) in [6.45, 7) is 0. The molecule has 0 unspecified atom stereocenters. The van der Waals surface area contributed by atoms with Gasteiger partial charge in [0, 0.05) is 6.21 Å². The van der Waals surface area contributed by atoms with Crippen LogP contribution in [0.15, 0.2) is 40.8 Å². The fraction of sp³-hybridized carbons (Fsp3) is 0.167. The number of hydrogen-bond acceptors (Lipinski definition) is 5. The average molecular weight is 231 g/mol. The lowest BCUT2D eigenvalue weighted by molar-refractivity contribution is 0.284. The van der Waals surface area contributed by atoms with Gasteiger partial charge in [-0.2, -0.15) is 5.26 Å². The van der Waals surface area contributed by atoms with E-state index in [1.165, 1.54) is 13.3 Å². The number of nitrogens with zero attached hydrogens (tertiary/aromatic N) is 2. The lowest BCUT2D eigenvalue weighted by atomic mass is 10.2. The molecule has 5 nitrogen and oxygen atoms in total. The summed E-state index contributed by atoms with van der Waals surface area (Å²) in [6, 6.07) is 9.10. The van der Waals surface area contributed by atoms with Crippen molar-refractivity contribution in [2.24, 2.45) is 10.7 Å². The van der Waals surface area contributed by atoms with Gasteiger partial charge in [-0.05, 0) is 29.8 Å². The number of ether oxygens (including phenoxy) is 2. The second kappa shape index (κ2) is 6.18. The van der Waals surface area contributed by atoms with Crippen molar-refractivity contribution in [3.05, 3.63) is 41.4 Å². The maximum Gasteiger partial charge on any atom is 0.221 e. The van der Waals surface area contributed by atoms with Gasteiger partial charge in [0.1, 0.15) is 11.8 Å². The molecule has 5 heteroatoms. The van der Waals surface area contributed by atoms with Crippen molar-refractivity contribution in [2.75, 3.05) is 14.2 Å². The summed E-state index contributed by atoms with van der Waals surface area (Å²) >= 11 is 0. The number of rotatable bonds is 4. The molecule has 1 aromatic rings. The second-order valence-electron chi connectivity index (χ2n) is 3.06. The smallest absolute Gasteiger partial charge is 0.221 e. The number of allylic oxidation sites excluding steroid dienone is 1. The standard InChI is InChI=1S/C12H13N3O2/c1-16-10-5-3-9(4-6-10)8-15-11(7-13)12(14)17-2/h3-6,8H,14H2,1-2H3/b12-11+,15-8?. The number of methoxy groups -OCH3 is 2. The van der Waals surface area contributed by atoms with Crippen LogP contribution in [-0.2, 0) is 4.74 Å². The van der Waals surface area contributed by atoms with Crippen LogP contribution in [0.2, 0.25) is 0 Å². The number of nitrogens with two attached hydrogens (primary N) is 1. The molecule has 0 saturated carbocycles. The van der Waals surface area contributed by atoms with E-state index in [4.69, 9.17) is 20.5 Å². The topological polar surface area (TPSA) is 80.6 Å². The van der Waals surface area contributed by atoms with Gasteiger partial charge in [-0.1, -0.05) is 0 Å². The normalized spacial score (nSPS) is 11.8. The molecule has 0 aliphatic rings. The van der Waals surface area contributed by atoms with Crippen molar-refractivity contribution < 1.29 is 9.47 Å². The second-order valence-corrected chi connectivity index (χ2v) is 3.06. The lowest BCUT2D eigenvalue weighted by Crippen LogP contribution is -2.02. The van der Waals surface area contributed by atoms with Gasteiger partial charge in [-0.3, -0.25) is 0 Å². The highest BCUT2D eigenvalue weighted by Gasteiger charge is 1.99. The summed E-state index contributed by atoms with van der Waals surface area (Å²) in [7, 11) is 2.98. The van der Waals surface area contributed by atoms with Gasteiger partial charge >= 0.3 is 0 Å². The molecule has 1 rings (SSSR count). The summed E-state index contributed by atoms with van der Waals surface area (Å²) in [5.74, 6) is 0.756. The molecule has 0 atom stereocenters. The van der Waals surface area contributed by atoms with Crippen LogP contribution in [0.25, 0.3) is 0 Å². The van der Waals surface area contributed by atoms with Gasteiger partial charge < -0.3 is 15.2 Å². The van der Waals surface area contributed by atoms with Crippen LogP contribution in [-0.4, -0.2) is 20.4 Å². The molecule has 0 spiro atoms. The Morgan fingerprint density at radius 1 is 1.35 bits per heavy atom. The molecule has 0 saturated heterocycles. The first-order chi connectivity index (χ1) is 8.21. The maximum absolute atomic E-state index is 8.79. The minimum absolute atomic E-state index is 0.00254. The molecule has 0 radical (unpaired) electrons. The Morgan fingerprint density at radius 3 is 2.47 bits per heavy atom. The highest BCUT2D eigenvalue weighted by atomic mass is 16.5. The van der Waals surface area contributed by atoms with Crippen LogP contribution in [0.5, 0.6) is 5.75 Å². The molecule has 0 aromatic heterocycles.